The number of benzene rings is 3. The molecule has 4 aromatic rings. The van der Waals surface area contributed by atoms with E-state index in [0.29, 0.717) is 46.1 Å². The average Bonchev–Trinajstić information content (AvgIpc) is 3.40. The van der Waals surface area contributed by atoms with E-state index in [1.54, 1.807) is 39.7 Å². The minimum atomic E-state index is -0.290. The maximum absolute atomic E-state index is 12.6. The molecule has 10 nitrogen and oxygen atoms in total. The van der Waals surface area contributed by atoms with E-state index in [9.17, 15) is 4.79 Å². The lowest BCUT2D eigenvalue weighted by molar-refractivity contribution is -0.118. The zero-order chi connectivity index (χ0) is 27.6. The van der Waals surface area contributed by atoms with Crippen LogP contribution in [0.5, 0.6) is 23.0 Å². The number of hydrogen-bond donors (Lipinski definition) is 1. The van der Waals surface area contributed by atoms with Crippen LogP contribution in [0.3, 0.4) is 0 Å². The molecule has 1 aromatic heterocycles. The van der Waals surface area contributed by atoms with Gasteiger partial charge in [-0.3, -0.25) is 9.36 Å². The van der Waals surface area contributed by atoms with Crippen molar-refractivity contribution in [2.75, 3.05) is 33.7 Å². The highest BCUT2D eigenvalue weighted by Gasteiger charge is 2.21. The second-order valence-electron chi connectivity index (χ2n) is 7.94. The van der Waals surface area contributed by atoms with Crippen molar-refractivity contribution in [1.29, 1.82) is 0 Å². The molecule has 3 aromatic carbocycles. The van der Waals surface area contributed by atoms with Gasteiger partial charge in [0.15, 0.2) is 22.5 Å². The zero-order valence-corrected chi connectivity index (χ0v) is 22.9. The minimum absolute atomic E-state index is 0.0741. The Hall–Kier alpha value is -4.51. The average molecular weight is 548 g/mol. The van der Waals surface area contributed by atoms with Crippen LogP contribution in [0.15, 0.2) is 77.0 Å². The summed E-state index contributed by atoms with van der Waals surface area (Å²) in [5.74, 6) is 2.49. The van der Waals surface area contributed by atoms with Gasteiger partial charge in [0.05, 0.1) is 39.9 Å². The van der Waals surface area contributed by atoms with E-state index < -0.39 is 0 Å². The van der Waals surface area contributed by atoms with Crippen molar-refractivity contribution in [1.82, 2.24) is 20.2 Å². The quantitative estimate of drug-likeness (QED) is 0.156. The van der Waals surface area contributed by atoms with Gasteiger partial charge in [0, 0.05) is 16.8 Å². The molecule has 1 N–H and O–H groups in total. The summed E-state index contributed by atoms with van der Waals surface area (Å²) >= 11 is 1.24. The third kappa shape index (κ3) is 6.50. The number of hydrogen-bond acceptors (Lipinski definition) is 9. The molecule has 0 aliphatic rings. The van der Waals surface area contributed by atoms with Crippen molar-refractivity contribution in [2.24, 2.45) is 5.10 Å². The number of nitrogens with one attached hydrogen (secondary N) is 1. The molecule has 0 bridgehead atoms. The molecule has 0 aliphatic heterocycles. The third-order valence-electron chi connectivity index (χ3n) is 5.51. The van der Waals surface area contributed by atoms with Crippen molar-refractivity contribution in [3.05, 3.63) is 72.3 Å². The second-order valence-corrected chi connectivity index (χ2v) is 8.89. The molecule has 202 valence electrons. The highest BCUT2D eigenvalue weighted by atomic mass is 32.2. The Bertz CT molecular complexity index is 1420. The third-order valence-corrected chi connectivity index (χ3v) is 6.44. The predicted molar refractivity (Wildman–Crippen MR) is 151 cm³/mol. The van der Waals surface area contributed by atoms with Gasteiger partial charge in [0.25, 0.3) is 5.91 Å². The van der Waals surface area contributed by atoms with E-state index >= 15 is 0 Å². The number of hydrazone groups is 1. The summed E-state index contributed by atoms with van der Waals surface area (Å²) in [7, 11) is 4.66. The van der Waals surface area contributed by atoms with Gasteiger partial charge < -0.3 is 18.9 Å². The molecule has 0 saturated carbocycles. The maximum atomic E-state index is 12.6. The van der Waals surface area contributed by atoms with Crippen LogP contribution in [-0.4, -0.2) is 60.6 Å². The van der Waals surface area contributed by atoms with Gasteiger partial charge in [-0.05, 0) is 43.3 Å². The molecule has 0 aliphatic carbocycles. The first-order chi connectivity index (χ1) is 19.1. The van der Waals surface area contributed by atoms with E-state index in [1.165, 1.54) is 11.8 Å². The highest BCUT2D eigenvalue weighted by molar-refractivity contribution is 7.99. The predicted octanol–water partition coefficient (Wildman–Crippen LogP) is 4.60. The maximum Gasteiger partial charge on any atom is 0.250 e. The number of aromatic nitrogens is 3. The Labute approximate surface area is 231 Å². The molecule has 11 heteroatoms. The number of ether oxygens (including phenoxy) is 4. The molecule has 0 unspecified atom stereocenters. The van der Waals surface area contributed by atoms with E-state index in [-0.39, 0.29) is 11.7 Å². The van der Waals surface area contributed by atoms with Crippen LogP contribution >= 0.6 is 11.8 Å². The summed E-state index contributed by atoms with van der Waals surface area (Å²) in [4.78, 5) is 12.6. The second kappa shape index (κ2) is 13.3. The number of thioether (sulfide) groups is 1. The Morgan fingerprint density at radius 1 is 0.949 bits per heavy atom. The summed E-state index contributed by atoms with van der Waals surface area (Å²) in [6.07, 6.45) is 1.56. The summed E-state index contributed by atoms with van der Waals surface area (Å²) in [6, 6.07) is 20.7. The number of carbonyl (C=O) groups is 1. The fourth-order valence-corrected chi connectivity index (χ4v) is 4.52. The van der Waals surface area contributed by atoms with Crippen molar-refractivity contribution >= 4 is 23.9 Å². The van der Waals surface area contributed by atoms with E-state index in [2.05, 4.69) is 20.7 Å². The number of carbonyl (C=O) groups excluding carboxylic acids is 1. The van der Waals surface area contributed by atoms with Crippen molar-refractivity contribution in [3.8, 4) is 40.1 Å². The molecular weight excluding hydrogens is 518 g/mol. The lowest BCUT2D eigenvalue weighted by Gasteiger charge is -2.15. The Balaban J connectivity index is 1.57. The molecule has 0 atom stereocenters. The summed E-state index contributed by atoms with van der Waals surface area (Å²) in [5.41, 5.74) is 4.87. The minimum Gasteiger partial charge on any atom is -0.493 e. The number of methoxy groups -OCH3 is 3. The van der Waals surface area contributed by atoms with Gasteiger partial charge in [-0.15, -0.1) is 10.2 Å². The summed E-state index contributed by atoms with van der Waals surface area (Å²) in [6.45, 7) is 2.45. The topological polar surface area (TPSA) is 109 Å². The van der Waals surface area contributed by atoms with Gasteiger partial charge in [-0.2, -0.15) is 5.10 Å². The van der Waals surface area contributed by atoms with Crippen LogP contribution < -0.4 is 24.4 Å². The molecular formula is C28H29N5O5S. The molecule has 0 radical (unpaired) electrons. The van der Waals surface area contributed by atoms with Gasteiger partial charge in [0.2, 0.25) is 5.75 Å². The molecule has 1 heterocycles. The normalized spacial score (nSPS) is 10.9. The molecule has 0 saturated heterocycles. The van der Waals surface area contributed by atoms with Crippen LogP contribution in [0.1, 0.15) is 12.5 Å². The number of para-hydroxylation sites is 2. The molecule has 0 spiro atoms. The van der Waals surface area contributed by atoms with Gasteiger partial charge >= 0.3 is 0 Å². The van der Waals surface area contributed by atoms with E-state index in [1.807, 2.05) is 66.1 Å². The fraction of sp³-hybridized carbons (Fsp3) is 0.214. The van der Waals surface area contributed by atoms with Crippen LogP contribution in [0.25, 0.3) is 17.1 Å². The van der Waals surface area contributed by atoms with E-state index in [4.69, 9.17) is 18.9 Å². The van der Waals surface area contributed by atoms with Gasteiger partial charge in [-0.1, -0.05) is 42.1 Å². The highest BCUT2D eigenvalue weighted by Crippen LogP contribution is 2.41. The molecule has 4 rings (SSSR count). The first kappa shape index (κ1) is 27.5. The number of rotatable bonds is 12. The van der Waals surface area contributed by atoms with Gasteiger partial charge in [-0.25, -0.2) is 5.43 Å². The van der Waals surface area contributed by atoms with Crippen LogP contribution in [-0.2, 0) is 4.79 Å². The molecule has 1 amide bonds. The van der Waals surface area contributed by atoms with Crippen molar-refractivity contribution in [3.63, 3.8) is 0 Å². The summed E-state index contributed by atoms with van der Waals surface area (Å²) in [5, 5.41) is 13.4. The smallest absolute Gasteiger partial charge is 0.250 e. The van der Waals surface area contributed by atoms with Crippen molar-refractivity contribution in [2.45, 2.75) is 12.1 Å². The Morgan fingerprint density at radius 2 is 1.64 bits per heavy atom. The van der Waals surface area contributed by atoms with Crippen LogP contribution in [0.4, 0.5) is 0 Å². The van der Waals surface area contributed by atoms with E-state index in [0.717, 1.165) is 11.3 Å². The van der Waals surface area contributed by atoms with Gasteiger partial charge in [0.1, 0.15) is 5.75 Å². The SMILES string of the molecule is CCOc1ccccc1/C=N\NC(=O)CSc1nnc(-c2cc(OC)c(OC)c(OC)c2)n1-c1ccccc1. The van der Waals surface area contributed by atoms with Crippen molar-refractivity contribution < 1.29 is 23.7 Å². The monoisotopic (exact) mass is 547 g/mol. The summed E-state index contributed by atoms with van der Waals surface area (Å²) < 4.78 is 24.0. The first-order valence-electron chi connectivity index (χ1n) is 12.1. The Kier molecular flexibility index (Phi) is 9.41. The standard InChI is InChI=1S/C28H29N5O5S/c1-5-38-22-14-10-9-11-19(22)17-29-30-25(34)18-39-28-32-31-27(33(28)21-12-7-6-8-13-21)20-15-23(35-2)26(37-4)24(16-20)36-3/h6-17H,5,18H2,1-4H3,(H,30,34)/b29-17-. The molecule has 39 heavy (non-hydrogen) atoms. The number of amides is 1. The first-order valence-corrected chi connectivity index (χ1v) is 13.1. The fourth-order valence-electron chi connectivity index (χ4n) is 3.78. The lowest BCUT2D eigenvalue weighted by atomic mass is 10.1. The number of nitrogens with zero attached hydrogens (tertiary/aromatic N) is 4. The van der Waals surface area contributed by atoms with Crippen LogP contribution in [0.2, 0.25) is 0 Å². The largest absolute Gasteiger partial charge is 0.493 e. The molecule has 0 fully saturated rings. The Morgan fingerprint density at radius 3 is 2.31 bits per heavy atom. The zero-order valence-electron chi connectivity index (χ0n) is 22.1. The van der Waals surface area contributed by atoms with Crippen LogP contribution in [0, 0.1) is 0 Å². The lowest BCUT2D eigenvalue weighted by Crippen LogP contribution is -2.20.